The van der Waals surface area contributed by atoms with Crippen molar-refractivity contribution >= 4 is 51.2 Å². The van der Waals surface area contributed by atoms with Crippen molar-refractivity contribution in [3.63, 3.8) is 0 Å². The van der Waals surface area contributed by atoms with E-state index in [0.29, 0.717) is 47.0 Å². The molecule has 1 aliphatic carbocycles. The molecule has 14 nitrogen and oxygen atoms in total. The van der Waals surface area contributed by atoms with Gasteiger partial charge in [-0.1, -0.05) is 31.2 Å². The minimum atomic E-state index is -2.90. The number of rotatable bonds is 11. The Bertz CT molecular complexity index is 2680. The van der Waals surface area contributed by atoms with Crippen LogP contribution in [0.15, 0.2) is 114 Å². The van der Waals surface area contributed by atoms with Gasteiger partial charge in [0, 0.05) is 35.7 Å². The number of hydrogen-bond donors (Lipinski definition) is 5. The van der Waals surface area contributed by atoms with Gasteiger partial charge >= 0.3 is 13.2 Å². The summed E-state index contributed by atoms with van der Waals surface area (Å²) in [7, 11) is 0. The monoisotopic (exact) mass is 806 g/mol. The predicted octanol–water partition coefficient (Wildman–Crippen LogP) is 7.35. The molecule has 1 atom stereocenters. The van der Waals surface area contributed by atoms with Gasteiger partial charge in [0.15, 0.2) is 0 Å². The molecule has 1 unspecified atom stereocenters. The second kappa shape index (κ2) is 16.0. The lowest BCUT2D eigenvalue weighted by atomic mass is 10.1. The van der Waals surface area contributed by atoms with Crippen molar-refractivity contribution in [3.8, 4) is 17.3 Å². The molecule has 302 valence electrons. The summed E-state index contributed by atoms with van der Waals surface area (Å²) >= 11 is 0. The highest BCUT2D eigenvalue weighted by Gasteiger charge is 2.33. The number of aliphatic imine (C=N–C) groups is 1. The molecule has 9 rings (SSSR count). The average Bonchev–Trinajstić information content (AvgIpc) is 3.87. The topological polar surface area (TPSA) is 194 Å². The highest BCUT2D eigenvalue weighted by Crippen LogP contribution is 2.42. The van der Waals surface area contributed by atoms with Crippen molar-refractivity contribution in [2.45, 2.75) is 51.1 Å². The van der Waals surface area contributed by atoms with Crippen LogP contribution in [-0.4, -0.2) is 48.1 Å². The Kier molecular flexibility index (Phi) is 10.5. The minimum Gasteiger partial charge on any atom is -0.435 e. The van der Waals surface area contributed by atoms with Crippen LogP contribution in [0.1, 0.15) is 42.9 Å². The second-order valence-corrected chi connectivity index (χ2v) is 13.6. The lowest BCUT2D eigenvalue weighted by molar-refractivity contribution is -0.0505. The Morgan fingerprint density at radius 3 is 1.98 bits per heavy atom. The van der Waals surface area contributed by atoms with E-state index in [9.17, 15) is 17.6 Å². The molecule has 4 aromatic carbocycles. The summed E-state index contributed by atoms with van der Waals surface area (Å²) in [5.74, 6) is 3.02. The first-order valence-corrected chi connectivity index (χ1v) is 18.6. The molecule has 2 aliphatic rings. The van der Waals surface area contributed by atoms with E-state index in [0.717, 1.165) is 46.6 Å². The number of anilines is 3. The van der Waals surface area contributed by atoms with E-state index >= 15 is 0 Å². The van der Waals surface area contributed by atoms with E-state index in [-0.39, 0.29) is 17.3 Å². The zero-order chi connectivity index (χ0) is 41.3. The summed E-state index contributed by atoms with van der Waals surface area (Å²) in [6.07, 6.45) is 4.58. The van der Waals surface area contributed by atoms with E-state index in [1.54, 1.807) is 36.4 Å². The zero-order valence-corrected chi connectivity index (χ0v) is 31.4. The second-order valence-electron chi connectivity index (χ2n) is 13.6. The van der Waals surface area contributed by atoms with Gasteiger partial charge in [-0.2, -0.15) is 27.5 Å². The van der Waals surface area contributed by atoms with Gasteiger partial charge in [-0.25, -0.2) is 15.0 Å². The van der Waals surface area contributed by atoms with Crippen molar-refractivity contribution in [3.05, 3.63) is 126 Å². The Morgan fingerprint density at radius 1 is 0.780 bits per heavy atom. The molecule has 3 aromatic heterocycles. The number of halogens is 4. The van der Waals surface area contributed by atoms with Crippen molar-refractivity contribution < 1.29 is 27.0 Å². The number of aryl methyl sites for hydroxylation is 1. The van der Waals surface area contributed by atoms with Crippen molar-refractivity contribution in [1.29, 1.82) is 0 Å². The Balaban J connectivity index is 0.000000164. The summed E-state index contributed by atoms with van der Waals surface area (Å²) in [5.41, 5.74) is 23.4. The standard InChI is InChI=1S/C21H18F2N6O.C20H20F2N6O/c22-20(23)30-14-9-7-13(8-10-14)25-21-27-17(24)11-18(28-21)29-16-4-2-1-3-15(16)26-19(29)12-5-6-12;1-2-17-25-14-5-3-4-6-15(14)28(17)18-11-16(23)26-20(24,27-18)12-7-9-13(10-8-12)29-19(21)22/h1-4,7-12,20H,5-6H2,(H3,24,25,27,28);3-11,19,27H,2,24H2,1H3,(H2,23,26). The van der Waals surface area contributed by atoms with Crippen LogP contribution in [0.4, 0.5) is 35.0 Å². The van der Waals surface area contributed by atoms with Crippen LogP contribution < -0.4 is 37.3 Å². The molecular weight excluding hydrogens is 769 g/mol. The van der Waals surface area contributed by atoms with Gasteiger partial charge in [-0.15, -0.1) is 0 Å². The number of para-hydroxylation sites is 4. The number of nitrogens with zero attached hydrogens (tertiary/aromatic N) is 7. The van der Waals surface area contributed by atoms with Crippen LogP contribution in [0, 0.1) is 0 Å². The molecule has 0 spiro atoms. The molecule has 59 heavy (non-hydrogen) atoms. The zero-order valence-electron chi connectivity index (χ0n) is 31.4. The van der Waals surface area contributed by atoms with Crippen molar-refractivity contribution in [2.75, 3.05) is 11.1 Å². The molecule has 1 aliphatic heterocycles. The smallest absolute Gasteiger partial charge is 0.387 e. The lowest BCUT2D eigenvalue weighted by Gasteiger charge is -2.33. The number of nitrogens with two attached hydrogens (primary N) is 3. The largest absolute Gasteiger partial charge is 0.435 e. The maximum atomic E-state index is 12.4. The van der Waals surface area contributed by atoms with Gasteiger partial charge in [-0.05, 0) is 85.6 Å². The van der Waals surface area contributed by atoms with E-state index in [1.807, 2.05) is 64.6 Å². The molecule has 0 bridgehead atoms. The molecule has 0 saturated heterocycles. The number of nitrogen functional groups attached to an aromatic ring is 1. The maximum Gasteiger partial charge on any atom is 0.387 e. The van der Waals surface area contributed by atoms with Gasteiger partial charge in [0.1, 0.15) is 46.4 Å². The van der Waals surface area contributed by atoms with E-state index in [2.05, 4.69) is 40.1 Å². The predicted molar refractivity (Wildman–Crippen MR) is 216 cm³/mol. The molecule has 8 N–H and O–H groups in total. The van der Waals surface area contributed by atoms with Crippen LogP contribution in [0.5, 0.6) is 11.5 Å². The minimum absolute atomic E-state index is 0.0322. The van der Waals surface area contributed by atoms with Crippen molar-refractivity contribution in [1.82, 2.24) is 34.4 Å². The fourth-order valence-corrected chi connectivity index (χ4v) is 6.74. The highest BCUT2D eigenvalue weighted by atomic mass is 19.3. The number of hydrogen-bond acceptors (Lipinski definition) is 12. The number of fused-ring (bicyclic) bond motifs is 2. The van der Waals surface area contributed by atoms with Crippen LogP contribution in [0.25, 0.3) is 33.7 Å². The van der Waals surface area contributed by atoms with E-state index < -0.39 is 19.0 Å². The molecule has 1 saturated carbocycles. The van der Waals surface area contributed by atoms with Crippen LogP contribution >= 0.6 is 0 Å². The first-order chi connectivity index (χ1) is 28.5. The Morgan fingerprint density at radius 2 is 1.37 bits per heavy atom. The molecule has 0 amide bonds. The lowest BCUT2D eigenvalue weighted by Crippen LogP contribution is -2.52. The number of aromatic nitrogens is 6. The van der Waals surface area contributed by atoms with Crippen LogP contribution in [0.3, 0.4) is 0 Å². The third-order valence-electron chi connectivity index (χ3n) is 9.44. The van der Waals surface area contributed by atoms with Gasteiger partial charge < -0.3 is 31.6 Å². The van der Waals surface area contributed by atoms with Gasteiger partial charge in [0.05, 0.1) is 22.1 Å². The summed E-state index contributed by atoms with van der Waals surface area (Å²) in [4.78, 5) is 22.7. The molecule has 7 aromatic rings. The highest BCUT2D eigenvalue weighted by molar-refractivity contribution is 5.98. The molecular formula is C41H38F4N12O2. The summed E-state index contributed by atoms with van der Waals surface area (Å²) in [6.45, 7) is -3.75. The number of alkyl halides is 4. The number of imidazole rings is 2. The van der Waals surface area contributed by atoms with Crippen LogP contribution in [-0.2, 0) is 12.2 Å². The Hall–Kier alpha value is -7.21. The van der Waals surface area contributed by atoms with E-state index in [1.165, 1.54) is 24.3 Å². The van der Waals surface area contributed by atoms with Gasteiger partial charge in [-0.3, -0.25) is 14.9 Å². The number of ether oxygens (including phenoxy) is 2. The van der Waals surface area contributed by atoms with E-state index in [4.69, 9.17) is 22.2 Å². The maximum absolute atomic E-state index is 12.4. The average molecular weight is 807 g/mol. The SMILES string of the molecule is CCc1nc2ccccc2n1C1=CC(N)=NC(N)(c2ccc(OC(F)F)cc2)N1.Nc1cc(-n2c(C3CC3)nc3ccccc32)nc(Nc2ccc(OC(F)F)cc2)n1. The molecule has 1 fully saturated rings. The fourth-order valence-electron chi connectivity index (χ4n) is 6.74. The number of amidine groups is 1. The quantitative estimate of drug-likeness (QED) is 0.0821. The number of nitrogens with one attached hydrogen (secondary N) is 2. The summed E-state index contributed by atoms with van der Waals surface area (Å²) in [6, 6.07) is 29.4. The van der Waals surface area contributed by atoms with Gasteiger partial charge in [0.2, 0.25) is 11.7 Å². The number of benzene rings is 4. The molecule has 0 radical (unpaired) electrons. The van der Waals surface area contributed by atoms with Crippen LogP contribution in [0.2, 0.25) is 0 Å². The molecule has 18 heteroatoms. The Labute approximate surface area is 334 Å². The summed E-state index contributed by atoms with van der Waals surface area (Å²) < 4.78 is 62.2. The van der Waals surface area contributed by atoms with Crippen molar-refractivity contribution in [2.24, 2.45) is 16.5 Å². The third kappa shape index (κ3) is 8.43. The van der Waals surface area contributed by atoms with Gasteiger partial charge in [0.25, 0.3) is 0 Å². The fraction of sp³-hybridized carbons (Fsp3) is 0.195. The summed E-state index contributed by atoms with van der Waals surface area (Å²) in [5, 5.41) is 6.27. The third-order valence-corrected chi connectivity index (χ3v) is 9.44. The normalized spacial score (nSPS) is 16.3. The molecule has 4 heterocycles. The first-order valence-electron chi connectivity index (χ1n) is 18.6. The first kappa shape index (κ1) is 38.7.